The number of nitrogens with zero attached hydrogens (tertiary/aromatic N) is 1. The SMILES string of the molecule is CCOC(=O)c1sc(NC(=O)/C=C/c2cccc(OC)c2)nc1C. The van der Waals surface area contributed by atoms with Crippen molar-refractivity contribution in [2.75, 3.05) is 19.0 Å². The second-order valence-electron chi connectivity index (χ2n) is 4.75. The lowest BCUT2D eigenvalue weighted by Crippen LogP contribution is -2.07. The van der Waals surface area contributed by atoms with Gasteiger partial charge in [-0.25, -0.2) is 9.78 Å². The van der Waals surface area contributed by atoms with Crippen LogP contribution in [0.15, 0.2) is 30.3 Å². The van der Waals surface area contributed by atoms with E-state index in [1.165, 1.54) is 6.08 Å². The minimum atomic E-state index is -0.431. The van der Waals surface area contributed by atoms with Gasteiger partial charge in [0.1, 0.15) is 10.6 Å². The Labute approximate surface area is 144 Å². The van der Waals surface area contributed by atoms with Crippen LogP contribution in [-0.4, -0.2) is 30.6 Å². The fourth-order valence-electron chi connectivity index (χ4n) is 1.90. The number of hydrogen-bond acceptors (Lipinski definition) is 6. The molecule has 0 radical (unpaired) electrons. The Balaban J connectivity index is 2.03. The number of benzene rings is 1. The lowest BCUT2D eigenvalue weighted by atomic mass is 10.2. The van der Waals surface area contributed by atoms with Crippen molar-refractivity contribution in [3.05, 3.63) is 46.5 Å². The zero-order valence-electron chi connectivity index (χ0n) is 13.7. The molecule has 0 saturated carbocycles. The summed E-state index contributed by atoms with van der Waals surface area (Å²) in [6, 6.07) is 7.34. The molecule has 1 heterocycles. The third-order valence-corrected chi connectivity index (χ3v) is 4.06. The topological polar surface area (TPSA) is 77.5 Å². The maximum atomic E-state index is 12.0. The number of esters is 1. The van der Waals surface area contributed by atoms with Gasteiger partial charge in [0.25, 0.3) is 0 Å². The maximum absolute atomic E-state index is 12.0. The minimum absolute atomic E-state index is 0.293. The third kappa shape index (κ3) is 4.66. The molecule has 6 nitrogen and oxygen atoms in total. The lowest BCUT2D eigenvalue weighted by Gasteiger charge is -2.00. The van der Waals surface area contributed by atoms with Gasteiger partial charge in [-0.15, -0.1) is 0 Å². The highest BCUT2D eigenvalue weighted by atomic mass is 32.1. The maximum Gasteiger partial charge on any atom is 0.350 e. The Kier molecular flexibility index (Phi) is 6.08. The summed E-state index contributed by atoms with van der Waals surface area (Å²) >= 11 is 1.09. The molecule has 0 aliphatic heterocycles. The number of anilines is 1. The fraction of sp³-hybridized carbons (Fsp3) is 0.235. The molecule has 0 atom stereocenters. The van der Waals surface area contributed by atoms with Crippen molar-refractivity contribution < 1.29 is 19.1 Å². The Morgan fingerprint density at radius 1 is 1.38 bits per heavy atom. The Hall–Kier alpha value is -2.67. The van der Waals surface area contributed by atoms with Crippen molar-refractivity contribution >= 4 is 34.4 Å². The van der Waals surface area contributed by atoms with Crippen molar-refractivity contribution in [1.29, 1.82) is 0 Å². The van der Waals surface area contributed by atoms with Crippen LogP contribution in [0.4, 0.5) is 5.13 Å². The molecule has 0 spiro atoms. The molecule has 0 saturated heterocycles. The number of aryl methyl sites for hydroxylation is 1. The van der Waals surface area contributed by atoms with Crippen LogP contribution in [0, 0.1) is 6.92 Å². The van der Waals surface area contributed by atoms with Crippen LogP contribution in [0.5, 0.6) is 5.75 Å². The highest BCUT2D eigenvalue weighted by molar-refractivity contribution is 7.17. The van der Waals surface area contributed by atoms with Crippen LogP contribution in [0.3, 0.4) is 0 Å². The van der Waals surface area contributed by atoms with Gasteiger partial charge in [0.2, 0.25) is 5.91 Å². The number of carbonyl (C=O) groups excluding carboxylic acids is 2. The Morgan fingerprint density at radius 3 is 2.88 bits per heavy atom. The second kappa shape index (κ2) is 8.26. The van der Waals surface area contributed by atoms with E-state index in [4.69, 9.17) is 9.47 Å². The molecule has 24 heavy (non-hydrogen) atoms. The lowest BCUT2D eigenvalue weighted by molar-refractivity contribution is -0.111. The normalized spacial score (nSPS) is 10.6. The van der Waals surface area contributed by atoms with Crippen molar-refractivity contribution in [3.63, 3.8) is 0 Å². The van der Waals surface area contributed by atoms with Crippen molar-refractivity contribution in [3.8, 4) is 5.75 Å². The van der Waals surface area contributed by atoms with Gasteiger partial charge >= 0.3 is 5.97 Å². The quantitative estimate of drug-likeness (QED) is 0.641. The monoisotopic (exact) mass is 346 g/mol. The molecule has 0 aliphatic carbocycles. The minimum Gasteiger partial charge on any atom is -0.497 e. The number of rotatable bonds is 6. The molecular formula is C17H18N2O4S. The fourth-order valence-corrected chi connectivity index (χ4v) is 2.76. The first-order valence-electron chi connectivity index (χ1n) is 7.31. The molecule has 1 amide bonds. The Bertz CT molecular complexity index is 768. The molecule has 0 aliphatic rings. The Morgan fingerprint density at radius 2 is 2.17 bits per heavy atom. The van der Waals surface area contributed by atoms with Crippen LogP contribution in [0.25, 0.3) is 6.08 Å². The summed E-state index contributed by atoms with van der Waals surface area (Å²) in [7, 11) is 1.58. The van der Waals surface area contributed by atoms with Crippen molar-refractivity contribution in [2.24, 2.45) is 0 Å². The molecule has 7 heteroatoms. The molecule has 0 unspecified atom stereocenters. The van der Waals surface area contributed by atoms with Gasteiger partial charge in [0.15, 0.2) is 5.13 Å². The standard InChI is InChI=1S/C17H18N2O4S/c1-4-23-16(21)15-11(2)18-17(24-15)19-14(20)9-8-12-6-5-7-13(10-12)22-3/h5-10H,4H2,1-3H3,(H,18,19,20)/b9-8+. The molecule has 1 aromatic heterocycles. The average Bonchev–Trinajstić information content (AvgIpc) is 2.93. The molecule has 2 rings (SSSR count). The molecule has 0 bridgehead atoms. The predicted molar refractivity (Wildman–Crippen MR) is 93.5 cm³/mol. The number of amides is 1. The summed E-state index contributed by atoms with van der Waals surface area (Å²) in [4.78, 5) is 28.3. The zero-order valence-corrected chi connectivity index (χ0v) is 14.5. The van der Waals surface area contributed by atoms with Crippen LogP contribution >= 0.6 is 11.3 Å². The van der Waals surface area contributed by atoms with E-state index in [-0.39, 0.29) is 5.91 Å². The molecule has 126 valence electrons. The number of thiazole rings is 1. The number of nitrogens with one attached hydrogen (secondary N) is 1. The van der Waals surface area contributed by atoms with Gasteiger partial charge in [0.05, 0.1) is 19.4 Å². The van der Waals surface area contributed by atoms with E-state index in [2.05, 4.69) is 10.3 Å². The molecule has 1 aromatic carbocycles. The van der Waals surface area contributed by atoms with Crippen LogP contribution in [0.2, 0.25) is 0 Å². The van der Waals surface area contributed by atoms with Gasteiger partial charge in [-0.05, 0) is 37.6 Å². The molecular weight excluding hydrogens is 328 g/mol. The van der Waals surface area contributed by atoms with E-state index in [1.807, 2.05) is 24.3 Å². The second-order valence-corrected chi connectivity index (χ2v) is 5.75. The largest absolute Gasteiger partial charge is 0.497 e. The average molecular weight is 346 g/mol. The summed E-state index contributed by atoms with van der Waals surface area (Å²) in [5.41, 5.74) is 1.37. The highest BCUT2D eigenvalue weighted by Crippen LogP contribution is 2.23. The molecule has 0 fully saturated rings. The van der Waals surface area contributed by atoms with Gasteiger partial charge in [-0.3, -0.25) is 10.1 Å². The number of carbonyl (C=O) groups is 2. The summed E-state index contributed by atoms with van der Waals surface area (Å²) in [5.74, 6) is -0.0471. The highest BCUT2D eigenvalue weighted by Gasteiger charge is 2.16. The first kappa shape index (κ1) is 17.7. The van der Waals surface area contributed by atoms with E-state index in [0.29, 0.717) is 28.1 Å². The first-order valence-corrected chi connectivity index (χ1v) is 8.12. The van der Waals surface area contributed by atoms with Crippen LogP contribution in [-0.2, 0) is 9.53 Å². The van der Waals surface area contributed by atoms with Gasteiger partial charge in [-0.2, -0.15) is 0 Å². The van der Waals surface area contributed by atoms with Crippen molar-refractivity contribution in [2.45, 2.75) is 13.8 Å². The number of ether oxygens (including phenoxy) is 2. The molecule has 1 N–H and O–H groups in total. The zero-order chi connectivity index (χ0) is 17.5. The predicted octanol–water partition coefficient (Wildman–Crippen LogP) is 3.29. The summed E-state index contributed by atoms with van der Waals surface area (Å²) in [6.45, 7) is 3.73. The van der Waals surface area contributed by atoms with Crippen LogP contribution < -0.4 is 10.1 Å². The van der Waals surface area contributed by atoms with Gasteiger partial charge in [-0.1, -0.05) is 23.5 Å². The number of methoxy groups -OCH3 is 1. The number of aromatic nitrogens is 1. The summed E-state index contributed by atoms with van der Waals surface area (Å²) < 4.78 is 10.1. The smallest absolute Gasteiger partial charge is 0.350 e. The number of hydrogen-bond donors (Lipinski definition) is 1. The van der Waals surface area contributed by atoms with E-state index < -0.39 is 5.97 Å². The molecule has 2 aromatic rings. The van der Waals surface area contributed by atoms with Crippen molar-refractivity contribution in [1.82, 2.24) is 4.98 Å². The van der Waals surface area contributed by atoms with Crippen LogP contribution in [0.1, 0.15) is 27.9 Å². The van der Waals surface area contributed by atoms with E-state index >= 15 is 0 Å². The summed E-state index contributed by atoms with van der Waals surface area (Å²) in [6.07, 6.45) is 3.07. The third-order valence-electron chi connectivity index (χ3n) is 3.01. The van der Waals surface area contributed by atoms with E-state index in [9.17, 15) is 9.59 Å². The van der Waals surface area contributed by atoms with Gasteiger partial charge in [0, 0.05) is 6.08 Å². The van der Waals surface area contributed by atoms with E-state index in [1.54, 1.807) is 27.0 Å². The summed E-state index contributed by atoms with van der Waals surface area (Å²) in [5, 5.41) is 3.00. The first-order chi connectivity index (χ1) is 11.5. The van der Waals surface area contributed by atoms with Gasteiger partial charge < -0.3 is 9.47 Å². The van der Waals surface area contributed by atoms with E-state index in [0.717, 1.165) is 16.9 Å².